The number of amides is 3. The lowest BCUT2D eigenvalue weighted by Crippen LogP contribution is -2.64. The Morgan fingerprint density at radius 3 is 2.72 bits per heavy atom. The number of hydrazine groups is 1. The standard InChI is InChI=1S/C10H18N6O2/c1-5(2)4-16-6-7(12-9(16)14-11)15(3)10(18)13-8(6)17/h5-7H,4,11H2,1-3H3,(H,12,14)(H,13,17,18). The third-order valence-corrected chi connectivity index (χ3v) is 3.05. The molecule has 1 saturated heterocycles. The Morgan fingerprint density at radius 2 is 2.17 bits per heavy atom. The molecule has 3 amide bonds. The van der Waals surface area contributed by atoms with Crippen LogP contribution in [0.25, 0.3) is 0 Å². The zero-order chi connectivity index (χ0) is 13.4. The largest absolute Gasteiger partial charge is 0.326 e. The van der Waals surface area contributed by atoms with Gasteiger partial charge in [0, 0.05) is 13.6 Å². The van der Waals surface area contributed by atoms with Crippen molar-refractivity contribution in [2.24, 2.45) is 16.8 Å². The first kappa shape index (κ1) is 12.6. The smallest absolute Gasteiger partial charge is 0.325 e. The molecule has 0 aromatic rings. The summed E-state index contributed by atoms with van der Waals surface area (Å²) in [6.07, 6.45) is -0.518. The van der Waals surface area contributed by atoms with Crippen LogP contribution in [-0.4, -0.2) is 53.5 Å². The lowest BCUT2D eigenvalue weighted by Gasteiger charge is -2.36. The number of urea groups is 1. The van der Waals surface area contributed by atoms with Gasteiger partial charge in [0.15, 0.2) is 12.2 Å². The fraction of sp³-hybridized carbons (Fsp3) is 0.700. The van der Waals surface area contributed by atoms with Crippen LogP contribution in [0.3, 0.4) is 0 Å². The Balaban J connectivity index is 2.30. The second-order valence-electron chi connectivity index (χ2n) is 4.91. The quantitative estimate of drug-likeness (QED) is 0.418. The van der Waals surface area contributed by atoms with E-state index in [9.17, 15) is 9.59 Å². The fourth-order valence-electron chi connectivity index (χ4n) is 2.24. The first-order valence-corrected chi connectivity index (χ1v) is 5.84. The predicted octanol–water partition coefficient (Wildman–Crippen LogP) is -1.35. The van der Waals surface area contributed by atoms with Crippen LogP contribution in [0, 0.1) is 5.92 Å². The highest BCUT2D eigenvalue weighted by molar-refractivity contribution is 6.03. The molecule has 0 radical (unpaired) electrons. The first-order valence-electron chi connectivity index (χ1n) is 5.84. The second-order valence-corrected chi connectivity index (χ2v) is 4.91. The molecule has 8 nitrogen and oxygen atoms in total. The predicted molar refractivity (Wildman–Crippen MR) is 65.2 cm³/mol. The van der Waals surface area contributed by atoms with Gasteiger partial charge in [0.05, 0.1) is 0 Å². The summed E-state index contributed by atoms with van der Waals surface area (Å²) in [4.78, 5) is 31.0. The molecule has 0 aromatic carbocycles. The van der Waals surface area contributed by atoms with Crippen LogP contribution in [0.2, 0.25) is 0 Å². The molecule has 1 fully saturated rings. The number of likely N-dealkylation sites (N-methyl/N-ethyl adjacent to an activating group) is 1. The van der Waals surface area contributed by atoms with Crippen LogP contribution in [0.4, 0.5) is 4.79 Å². The molecule has 4 N–H and O–H groups in total. The van der Waals surface area contributed by atoms with Gasteiger partial charge in [-0.3, -0.25) is 15.5 Å². The molecule has 2 rings (SSSR count). The maximum atomic E-state index is 11.9. The van der Waals surface area contributed by atoms with Gasteiger partial charge in [0.2, 0.25) is 5.96 Å². The minimum absolute atomic E-state index is 0.335. The van der Waals surface area contributed by atoms with Crippen molar-refractivity contribution in [2.75, 3.05) is 13.6 Å². The number of carbonyl (C=O) groups is 2. The number of nitrogens with two attached hydrogens (primary N) is 1. The van der Waals surface area contributed by atoms with Gasteiger partial charge in [0.1, 0.15) is 0 Å². The Hall–Kier alpha value is -1.83. The lowest BCUT2D eigenvalue weighted by molar-refractivity contribution is -0.127. The Kier molecular flexibility index (Phi) is 3.12. The monoisotopic (exact) mass is 254 g/mol. The van der Waals surface area contributed by atoms with E-state index in [0.717, 1.165) is 0 Å². The molecule has 2 aliphatic rings. The van der Waals surface area contributed by atoms with Crippen molar-refractivity contribution in [2.45, 2.75) is 26.1 Å². The molecule has 2 heterocycles. The topological polar surface area (TPSA) is 103 Å². The van der Waals surface area contributed by atoms with E-state index in [1.54, 1.807) is 11.9 Å². The minimum Gasteiger partial charge on any atom is -0.326 e. The van der Waals surface area contributed by atoms with Crippen LogP contribution < -0.4 is 16.6 Å². The molecule has 0 spiro atoms. The van der Waals surface area contributed by atoms with Crippen molar-refractivity contribution in [3.8, 4) is 0 Å². The summed E-state index contributed by atoms with van der Waals surface area (Å²) in [5.41, 5.74) is 2.49. The van der Waals surface area contributed by atoms with Crippen LogP contribution in [0.5, 0.6) is 0 Å². The average Bonchev–Trinajstić information content (AvgIpc) is 2.64. The van der Waals surface area contributed by atoms with Crippen molar-refractivity contribution in [3.63, 3.8) is 0 Å². The molecular formula is C10H18N6O2. The molecule has 100 valence electrons. The maximum absolute atomic E-state index is 11.9. The number of imide groups is 1. The number of aliphatic imine (C=N–C) groups is 1. The molecule has 18 heavy (non-hydrogen) atoms. The van der Waals surface area contributed by atoms with E-state index in [4.69, 9.17) is 5.84 Å². The normalized spacial score (nSPS) is 27.3. The molecule has 0 bridgehead atoms. The highest BCUT2D eigenvalue weighted by Crippen LogP contribution is 2.23. The summed E-state index contributed by atoms with van der Waals surface area (Å²) in [5.74, 6) is 5.87. The van der Waals surface area contributed by atoms with E-state index >= 15 is 0 Å². The van der Waals surface area contributed by atoms with Crippen molar-refractivity contribution < 1.29 is 9.59 Å². The van der Waals surface area contributed by atoms with E-state index in [1.807, 2.05) is 13.8 Å². The minimum atomic E-state index is -0.518. The average molecular weight is 254 g/mol. The zero-order valence-corrected chi connectivity index (χ0v) is 10.7. The first-order chi connectivity index (χ1) is 8.45. The molecule has 2 atom stereocenters. The van der Waals surface area contributed by atoms with Crippen LogP contribution >= 0.6 is 0 Å². The van der Waals surface area contributed by atoms with E-state index in [0.29, 0.717) is 18.4 Å². The van der Waals surface area contributed by atoms with Gasteiger partial charge < -0.3 is 9.80 Å². The van der Waals surface area contributed by atoms with Gasteiger partial charge in [-0.2, -0.15) is 0 Å². The van der Waals surface area contributed by atoms with Gasteiger partial charge in [-0.25, -0.2) is 15.6 Å². The SMILES string of the molecule is CC(C)CN1C(NN)=NC2C1C(=O)NC(=O)N2C. The molecule has 2 unspecified atom stereocenters. The number of nitrogens with one attached hydrogen (secondary N) is 2. The number of guanidine groups is 1. The van der Waals surface area contributed by atoms with E-state index in [2.05, 4.69) is 15.7 Å². The number of fused-ring (bicyclic) bond motifs is 1. The van der Waals surface area contributed by atoms with E-state index < -0.39 is 18.2 Å². The van der Waals surface area contributed by atoms with Crippen molar-refractivity contribution in [1.82, 2.24) is 20.5 Å². The molecular weight excluding hydrogens is 236 g/mol. The fourth-order valence-corrected chi connectivity index (χ4v) is 2.24. The summed E-state index contributed by atoms with van der Waals surface area (Å²) >= 11 is 0. The van der Waals surface area contributed by atoms with Crippen molar-refractivity contribution in [3.05, 3.63) is 0 Å². The van der Waals surface area contributed by atoms with Gasteiger partial charge in [0.25, 0.3) is 5.91 Å². The second kappa shape index (κ2) is 4.45. The van der Waals surface area contributed by atoms with Crippen LogP contribution in [-0.2, 0) is 4.79 Å². The molecule has 2 aliphatic heterocycles. The molecule has 0 saturated carbocycles. The highest BCUT2D eigenvalue weighted by Gasteiger charge is 2.48. The zero-order valence-electron chi connectivity index (χ0n) is 10.7. The summed E-state index contributed by atoms with van der Waals surface area (Å²) in [6, 6.07) is -0.950. The molecule has 0 aliphatic carbocycles. The summed E-state index contributed by atoms with van der Waals surface area (Å²) < 4.78 is 0. The number of carbonyl (C=O) groups excluding carboxylic acids is 2. The third-order valence-electron chi connectivity index (χ3n) is 3.05. The maximum Gasteiger partial charge on any atom is 0.325 e. The van der Waals surface area contributed by atoms with Gasteiger partial charge in [-0.05, 0) is 5.92 Å². The van der Waals surface area contributed by atoms with Crippen LogP contribution in [0.15, 0.2) is 4.99 Å². The number of nitrogens with zero attached hydrogens (tertiary/aromatic N) is 3. The number of rotatable bonds is 2. The summed E-state index contributed by atoms with van der Waals surface area (Å²) in [7, 11) is 1.61. The molecule has 8 heteroatoms. The molecule has 0 aromatic heterocycles. The third kappa shape index (κ3) is 1.88. The van der Waals surface area contributed by atoms with Crippen molar-refractivity contribution >= 4 is 17.9 Å². The number of hydrogen-bond donors (Lipinski definition) is 3. The van der Waals surface area contributed by atoms with Crippen LogP contribution in [0.1, 0.15) is 13.8 Å². The van der Waals surface area contributed by atoms with E-state index in [-0.39, 0.29) is 5.91 Å². The number of hydrogen-bond acceptors (Lipinski definition) is 6. The van der Waals surface area contributed by atoms with Gasteiger partial charge in [-0.1, -0.05) is 13.8 Å². The highest BCUT2D eigenvalue weighted by atomic mass is 16.2. The summed E-state index contributed by atoms with van der Waals surface area (Å²) in [6.45, 7) is 4.72. The van der Waals surface area contributed by atoms with Crippen molar-refractivity contribution in [1.29, 1.82) is 0 Å². The Bertz CT molecular complexity index is 407. The van der Waals surface area contributed by atoms with Gasteiger partial charge in [-0.15, -0.1) is 0 Å². The summed E-state index contributed by atoms with van der Waals surface area (Å²) in [5, 5.41) is 2.31. The Labute approximate surface area is 105 Å². The van der Waals surface area contributed by atoms with E-state index in [1.165, 1.54) is 4.90 Å². The Morgan fingerprint density at radius 1 is 1.50 bits per heavy atom. The van der Waals surface area contributed by atoms with Gasteiger partial charge >= 0.3 is 6.03 Å². The lowest BCUT2D eigenvalue weighted by atomic mass is 10.1.